The van der Waals surface area contributed by atoms with Gasteiger partial charge in [0.25, 0.3) is 0 Å². The topological polar surface area (TPSA) is 52.3 Å². The average Bonchev–Trinajstić information content (AvgIpc) is 2.75. The van der Waals surface area contributed by atoms with Gasteiger partial charge in [-0.3, -0.25) is 0 Å². The molecule has 1 aromatic heterocycles. The van der Waals surface area contributed by atoms with Gasteiger partial charge in [0.1, 0.15) is 10.8 Å². The van der Waals surface area contributed by atoms with Crippen LogP contribution in [0.15, 0.2) is 35.7 Å². The summed E-state index contributed by atoms with van der Waals surface area (Å²) < 4.78 is 41.9. The van der Waals surface area contributed by atoms with E-state index in [9.17, 15) is 18.0 Å². The number of halogens is 3. The number of ether oxygens (including phenoxy) is 1. The number of anilines is 1. The number of esters is 1. The maximum Gasteiger partial charge on any atom is 0.416 e. The normalized spacial score (nSPS) is 11.3. The fraction of sp³-hybridized carbons (Fsp3) is 0.0833. The van der Waals surface area contributed by atoms with E-state index in [0.29, 0.717) is 5.00 Å². The Morgan fingerprint density at radius 1 is 1.16 bits per heavy atom. The van der Waals surface area contributed by atoms with E-state index >= 15 is 0 Å². The average molecular weight is 287 g/mol. The van der Waals surface area contributed by atoms with Gasteiger partial charge in [-0.15, -0.1) is 11.3 Å². The van der Waals surface area contributed by atoms with Gasteiger partial charge in [-0.2, -0.15) is 13.2 Å². The first-order valence-corrected chi connectivity index (χ1v) is 5.98. The lowest BCUT2D eigenvalue weighted by atomic mass is 10.2. The van der Waals surface area contributed by atoms with Crippen molar-refractivity contribution in [1.29, 1.82) is 0 Å². The zero-order chi connectivity index (χ0) is 14.0. The minimum atomic E-state index is -4.42. The van der Waals surface area contributed by atoms with Gasteiger partial charge in [0.05, 0.1) is 11.1 Å². The summed E-state index contributed by atoms with van der Waals surface area (Å²) in [7, 11) is 0. The van der Waals surface area contributed by atoms with Crippen LogP contribution in [0, 0.1) is 0 Å². The zero-order valence-corrected chi connectivity index (χ0v) is 10.2. The van der Waals surface area contributed by atoms with Crippen LogP contribution in [-0.4, -0.2) is 5.97 Å². The lowest BCUT2D eigenvalue weighted by Gasteiger charge is -2.08. The second-order valence-electron chi connectivity index (χ2n) is 3.61. The molecule has 0 saturated heterocycles. The van der Waals surface area contributed by atoms with E-state index in [1.807, 2.05) is 0 Å². The van der Waals surface area contributed by atoms with Crippen molar-refractivity contribution in [3.8, 4) is 5.75 Å². The summed E-state index contributed by atoms with van der Waals surface area (Å²) in [6.07, 6.45) is -4.42. The largest absolute Gasteiger partial charge is 0.423 e. The predicted octanol–water partition coefficient (Wildman–Crippen LogP) is 3.57. The molecule has 1 heterocycles. The van der Waals surface area contributed by atoms with E-state index in [4.69, 9.17) is 10.5 Å². The van der Waals surface area contributed by atoms with E-state index in [0.717, 1.165) is 24.3 Å². The van der Waals surface area contributed by atoms with Crippen LogP contribution in [-0.2, 0) is 6.18 Å². The highest BCUT2D eigenvalue weighted by atomic mass is 32.1. The second kappa shape index (κ2) is 4.93. The van der Waals surface area contributed by atoms with Crippen molar-refractivity contribution in [2.45, 2.75) is 6.18 Å². The first-order valence-electron chi connectivity index (χ1n) is 5.10. The third-order valence-electron chi connectivity index (χ3n) is 2.31. The maximum atomic E-state index is 12.3. The third-order valence-corrected chi connectivity index (χ3v) is 3.05. The monoisotopic (exact) mass is 287 g/mol. The molecule has 0 fully saturated rings. The van der Waals surface area contributed by atoms with E-state index in [1.54, 1.807) is 5.38 Å². The Balaban J connectivity index is 2.12. The standard InChI is InChI=1S/C12H8F3NO2S/c13-12(14,15)7-1-3-8(4-2-7)18-11(17)9-5-6-19-10(9)16/h1-6H,16H2. The summed E-state index contributed by atoms with van der Waals surface area (Å²) >= 11 is 1.18. The van der Waals surface area contributed by atoms with Crippen LogP contribution in [0.1, 0.15) is 15.9 Å². The molecule has 2 aromatic rings. The van der Waals surface area contributed by atoms with Gasteiger partial charge in [0.2, 0.25) is 0 Å². The molecule has 7 heteroatoms. The molecule has 3 nitrogen and oxygen atoms in total. The van der Waals surface area contributed by atoms with Crippen LogP contribution in [0.3, 0.4) is 0 Å². The van der Waals surface area contributed by atoms with Crippen molar-refractivity contribution in [3.05, 3.63) is 46.8 Å². The maximum absolute atomic E-state index is 12.3. The first-order chi connectivity index (χ1) is 8.88. The lowest BCUT2D eigenvalue weighted by molar-refractivity contribution is -0.137. The van der Waals surface area contributed by atoms with Crippen molar-refractivity contribution in [2.24, 2.45) is 0 Å². The Labute approximate surface area is 110 Å². The molecule has 0 amide bonds. The van der Waals surface area contributed by atoms with Crippen molar-refractivity contribution < 1.29 is 22.7 Å². The van der Waals surface area contributed by atoms with Crippen molar-refractivity contribution >= 4 is 22.3 Å². The van der Waals surface area contributed by atoms with Crippen LogP contribution >= 0.6 is 11.3 Å². The third kappa shape index (κ3) is 3.05. The highest BCUT2D eigenvalue weighted by Gasteiger charge is 2.30. The molecular weight excluding hydrogens is 279 g/mol. The highest BCUT2D eigenvalue weighted by Crippen LogP contribution is 2.30. The van der Waals surface area contributed by atoms with Crippen LogP contribution in [0.4, 0.5) is 18.2 Å². The first kappa shape index (κ1) is 13.4. The van der Waals surface area contributed by atoms with Gasteiger partial charge in [-0.1, -0.05) is 0 Å². The Morgan fingerprint density at radius 2 is 1.79 bits per heavy atom. The summed E-state index contributed by atoms with van der Waals surface area (Å²) in [5.41, 5.74) is 4.94. The molecule has 1 aromatic carbocycles. The van der Waals surface area contributed by atoms with Crippen LogP contribution in [0.2, 0.25) is 0 Å². The molecule has 0 aliphatic heterocycles. The smallest absolute Gasteiger partial charge is 0.416 e. The molecule has 0 bridgehead atoms. The summed E-state index contributed by atoms with van der Waals surface area (Å²) in [6.45, 7) is 0. The van der Waals surface area contributed by atoms with Crippen molar-refractivity contribution in [2.75, 3.05) is 5.73 Å². The molecule has 19 heavy (non-hydrogen) atoms. The molecule has 0 radical (unpaired) electrons. The molecular formula is C12H8F3NO2S. The van der Waals surface area contributed by atoms with Crippen LogP contribution < -0.4 is 10.5 Å². The Hall–Kier alpha value is -2.02. The SMILES string of the molecule is Nc1sccc1C(=O)Oc1ccc(C(F)(F)F)cc1. The van der Waals surface area contributed by atoms with Crippen LogP contribution in [0.5, 0.6) is 5.75 Å². The summed E-state index contributed by atoms with van der Waals surface area (Å²) in [5, 5.41) is 1.93. The number of alkyl halides is 3. The van der Waals surface area contributed by atoms with E-state index in [-0.39, 0.29) is 11.3 Å². The van der Waals surface area contributed by atoms with Gasteiger partial charge in [0, 0.05) is 0 Å². The molecule has 100 valence electrons. The number of rotatable bonds is 2. The van der Waals surface area contributed by atoms with E-state index in [2.05, 4.69) is 0 Å². The number of carbonyl (C=O) groups excluding carboxylic acids is 1. The summed E-state index contributed by atoms with van der Waals surface area (Å²) in [5.74, 6) is -0.665. The molecule has 0 atom stereocenters. The fourth-order valence-electron chi connectivity index (χ4n) is 1.36. The van der Waals surface area contributed by atoms with Crippen LogP contribution in [0.25, 0.3) is 0 Å². The van der Waals surface area contributed by atoms with Crippen molar-refractivity contribution in [1.82, 2.24) is 0 Å². The number of benzene rings is 1. The fourth-order valence-corrected chi connectivity index (χ4v) is 1.99. The van der Waals surface area contributed by atoms with Gasteiger partial charge >= 0.3 is 12.1 Å². The molecule has 2 rings (SSSR count). The molecule has 2 N–H and O–H groups in total. The highest BCUT2D eigenvalue weighted by molar-refractivity contribution is 7.14. The van der Waals surface area contributed by atoms with E-state index < -0.39 is 17.7 Å². The quantitative estimate of drug-likeness (QED) is 0.678. The summed E-state index contributed by atoms with van der Waals surface area (Å²) in [4.78, 5) is 11.7. The predicted molar refractivity (Wildman–Crippen MR) is 65.1 cm³/mol. The molecule has 0 aliphatic carbocycles. The van der Waals surface area contributed by atoms with Gasteiger partial charge in [-0.25, -0.2) is 4.79 Å². The second-order valence-corrected chi connectivity index (χ2v) is 4.56. The van der Waals surface area contributed by atoms with E-state index in [1.165, 1.54) is 17.4 Å². The lowest BCUT2D eigenvalue weighted by Crippen LogP contribution is -2.10. The number of thiophene rings is 1. The zero-order valence-electron chi connectivity index (χ0n) is 9.40. The molecule has 0 aliphatic rings. The number of hydrogen-bond donors (Lipinski definition) is 1. The summed E-state index contributed by atoms with van der Waals surface area (Å²) in [6, 6.07) is 5.36. The minimum absolute atomic E-state index is 0.0311. The molecule has 0 unspecified atom stereocenters. The molecule has 0 spiro atoms. The minimum Gasteiger partial charge on any atom is -0.423 e. The van der Waals surface area contributed by atoms with Crippen molar-refractivity contribution in [3.63, 3.8) is 0 Å². The number of hydrogen-bond acceptors (Lipinski definition) is 4. The number of nitrogen functional groups attached to an aromatic ring is 1. The Morgan fingerprint density at radius 3 is 2.26 bits per heavy atom. The van der Waals surface area contributed by atoms with Gasteiger partial charge < -0.3 is 10.5 Å². The number of carbonyl (C=O) groups is 1. The molecule has 0 saturated carbocycles. The van der Waals surface area contributed by atoms with Gasteiger partial charge in [0.15, 0.2) is 0 Å². The van der Waals surface area contributed by atoms with Gasteiger partial charge in [-0.05, 0) is 35.7 Å². The Kier molecular flexibility index (Phi) is 3.48. The number of nitrogens with two attached hydrogens (primary N) is 1. The Bertz CT molecular complexity index is 590.